The summed E-state index contributed by atoms with van der Waals surface area (Å²) in [5.74, 6) is 0. The van der Waals surface area contributed by atoms with Gasteiger partial charge in [0.05, 0.1) is 27.4 Å². The number of nitrogens with two attached hydrogens (primary N) is 1. The molecule has 0 unspecified atom stereocenters. The molecule has 0 saturated carbocycles. The van der Waals surface area contributed by atoms with Gasteiger partial charge in [-0.1, -0.05) is 47.5 Å². The Morgan fingerprint density at radius 1 is 1.08 bits per heavy atom. The number of pyridine rings is 1. The Hall–Kier alpha value is -1.85. The number of benzene rings is 2. The number of nitrogens with one attached hydrogen (secondary N) is 1. The fourth-order valence-corrected chi connectivity index (χ4v) is 2.73. The van der Waals surface area contributed by atoms with Gasteiger partial charge in [0.1, 0.15) is 0 Å². The second-order valence-electron chi connectivity index (χ2n) is 5.47. The smallest absolute Gasteiger partial charge is 0.0834 e. The molecule has 4 N–H and O–H groups in total. The van der Waals surface area contributed by atoms with Gasteiger partial charge in [-0.15, -0.1) is 0 Å². The van der Waals surface area contributed by atoms with E-state index in [1.165, 1.54) is 0 Å². The molecule has 3 rings (SSSR count). The number of aliphatic hydroxyl groups excluding tert-OH is 1. The summed E-state index contributed by atoms with van der Waals surface area (Å²) < 4.78 is 0. The van der Waals surface area contributed by atoms with Crippen LogP contribution in [0, 0.1) is 0 Å². The number of rotatable bonds is 5. The van der Waals surface area contributed by atoms with Gasteiger partial charge in [0.15, 0.2) is 0 Å². The molecular formula is C18H17Cl2N3O. The minimum absolute atomic E-state index is 0.204. The van der Waals surface area contributed by atoms with Crippen molar-refractivity contribution in [3.05, 3.63) is 58.6 Å². The molecule has 0 saturated heterocycles. The lowest BCUT2D eigenvalue weighted by atomic mass is 10.1. The maximum atomic E-state index is 9.71. The number of anilines is 1. The summed E-state index contributed by atoms with van der Waals surface area (Å²) in [6.07, 6.45) is -0.606. The van der Waals surface area contributed by atoms with Crippen LogP contribution in [0.15, 0.2) is 48.5 Å². The molecule has 1 aromatic heterocycles. The summed E-state index contributed by atoms with van der Waals surface area (Å²) in [6.45, 7) is 0.570. The van der Waals surface area contributed by atoms with Gasteiger partial charge in [-0.3, -0.25) is 0 Å². The quantitative estimate of drug-likeness (QED) is 0.643. The van der Waals surface area contributed by atoms with Gasteiger partial charge in [0, 0.05) is 29.7 Å². The highest BCUT2D eigenvalue weighted by atomic mass is 35.5. The zero-order valence-corrected chi connectivity index (χ0v) is 14.3. The number of aliphatic hydroxyl groups is 1. The van der Waals surface area contributed by atoms with Crippen molar-refractivity contribution in [2.24, 2.45) is 5.73 Å². The Bertz CT molecular complexity index is 870. The van der Waals surface area contributed by atoms with Crippen LogP contribution in [0.4, 0.5) is 5.69 Å². The van der Waals surface area contributed by atoms with Crippen molar-refractivity contribution < 1.29 is 5.11 Å². The fourth-order valence-electron chi connectivity index (χ4n) is 2.44. The lowest BCUT2D eigenvalue weighted by Crippen LogP contribution is -2.27. The lowest BCUT2D eigenvalue weighted by molar-refractivity contribution is 0.196. The number of halogens is 2. The first-order valence-corrected chi connectivity index (χ1v) is 8.31. The van der Waals surface area contributed by atoms with Crippen molar-refractivity contribution in [2.45, 2.75) is 6.10 Å². The van der Waals surface area contributed by atoms with Crippen LogP contribution in [0.5, 0.6) is 0 Å². The molecule has 0 bridgehead atoms. The third kappa shape index (κ3) is 3.62. The molecule has 0 fully saturated rings. The van der Waals surface area contributed by atoms with Gasteiger partial charge in [-0.25, -0.2) is 4.98 Å². The van der Waals surface area contributed by atoms with Crippen LogP contribution in [-0.4, -0.2) is 29.3 Å². The van der Waals surface area contributed by atoms with Crippen LogP contribution in [0.2, 0.25) is 10.0 Å². The van der Waals surface area contributed by atoms with E-state index in [0.29, 0.717) is 16.6 Å². The van der Waals surface area contributed by atoms with Crippen LogP contribution in [0.1, 0.15) is 0 Å². The molecule has 0 amide bonds. The van der Waals surface area contributed by atoms with Gasteiger partial charge < -0.3 is 16.2 Å². The molecular weight excluding hydrogens is 345 g/mol. The van der Waals surface area contributed by atoms with Crippen LogP contribution in [0.25, 0.3) is 22.2 Å². The van der Waals surface area contributed by atoms with Crippen LogP contribution in [0.3, 0.4) is 0 Å². The van der Waals surface area contributed by atoms with Crippen molar-refractivity contribution in [2.75, 3.05) is 18.4 Å². The zero-order chi connectivity index (χ0) is 17.1. The lowest BCUT2D eigenvalue weighted by Gasteiger charge is -2.14. The number of aromatic nitrogens is 1. The average molecular weight is 362 g/mol. The Kier molecular flexibility index (Phi) is 5.21. The van der Waals surface area contributed by atoms with Crippen LogP contribution >= 0.6 is 23.2 Å². The van der Waals surface area contributed by atoms with Gasteiger partial charge in [0.2, 0.25) is 0 Å². The van der Waals surface area contributed by atoms with Crippen molar-refractivity contribution >= 4 is 39.8 Å². The van der Waals surface area contributed by atoms with E-state index in [2.05, 4.69) is 5.32 Å². The van der Waals surface area contributed by atoms with Crippen LogP contribution in [-0.2, 0) is 0 Å². The molecule has 24 heavy (non-hydrogen) atoms. The highest BCUT2D eigenvalue weighted by molar-refractivity contribution is 6.42. The molecule has 0 aliphatic rings. The van der Waals surface area contributed by atoms with E-state index in [1.54, 1.807) is 12.1 Å². The van der Waals surface area contributed by atoms with E-state index in [1.807, 2.05) is 36.4 Å². The minimum atomic E-state index is -0.606. The van der Waals surface area contributed by atoms with E-state index >= 15 is 0 Å². The topological polar surface area (TPSA) is 71.2 Å². The first kappa shape index (κ1) is 17.0. The number of fused-ring (bicyclic) bond motifs is 1. The number of nitrogens with zero attached hydrogens (tertiary/aromatic N) is 1. The standard InChI is InChI=1S/C18H17Cl2N3O/c19-14-6-5-11(7-15(14)20)17-8-18(22-10-12(24)9-21)13-3-1-2-4-16(13)23-17/h1-8,12,24H,9-10,21H2,(H,22,23)/t12-/m0/s1. The maximum absolute atomic E-state index is 9.71. The molecule has 2 aromatic carbocycles. The number of para-hydroxylation sites is 1. The Morgan fingerprint density at radius 3 is 2.62 bits per heavy atom. The predicted octanol–water partition coefficient (Wildman–Crippen LogP) is 3.94. The average Bonchev–Trinajstić information content (AvgIpc) is 2.61. The van der Waals surface area contributed by atoms with Gasteiger partial charge >= 0.3 is 0 Å². The van der Waals surface area contributed by atoms with Crippen LogP contribution < -0.4 is 11.1 Å². The Balaban J connectivity index is 2.07. The first-order valence-electron chi connectivity index (χ1n) is 7.55. The molecule has 6 heteroatoms. The first-order chi connectivity index (χ1) is 11.6. The Morgan fingerprint density at radius 2 is 1.88 bits per heavy atom. The number of hydrogen-bond donors (Lipinski definition) is 3. The third-order valence-corrected chi connectivity index (χ3v) is 4.47. The highest BCUT2D eigenvalue weighted by Crippen LogP contribution is 2.31. The second kappa shape index (κ2) is 7.36. The van der Waals surface area contributed by atoms with Crippen molar-refractivity contribution in [3.8, 4) is 11.3 Å². The third-order valence-electron chi connectivity index (χ3n) is 3.73. The van der Waals surface area contributed by atoms with E-state index in [9.17, 15) is 5.11 Å². The molecule has 124 valence electrons. The Labute approximate surface area is 150 Å². The van der Waals surface area contributed by atoms with Crippen molar-refractivity contribution in [3.63, 3.8) is 0 Å². The van der Waals surface area contributed by atoms with Gasteiger partial charge in [-0.2, -0.15) is 0 Å². The van der Waals surface area contributed by atoms with E-state index < -0.39 is 6.10 Å². The normalized spacial score (nSPS) is 12.3. The summed E-state index contributed by atoms with van der Waals surface area (Å²) in [7, 11) is 0. The van der Waals surface area contributed by atoms with Gasteiger partial charge in [0.25, 0.3) is 0 Å². The molecule has 4 nitrogen and oxygen atoms in total. The minimum Gasteiger partial charge on any atom is -0.390 e. The van der Waals surface area contributed by atoms with E-state index in [-0.39, 0.29) is 6.54 Å². The van der Waals surface area contributed by atoms with E-state index in [4.69, 9.17) is 33.9 Å². The zero-order valence-electron chi connectivity index (χ0n) is 12.8. The second-order valence-corrected chi connectivity index (χ2v) is 6.29. The summed E-state index contributed by atoms with van der Waals surface area (Å²) in [5.41, 5.74) is 8.85. The SMILES string of the molecule is NC[C@H](O)CNc1cc(-c2ccc(Cl)c(Cl)c2)nc2ccccc12. The molecule has 3 aromatic rings. The maximum Gasteiger partial charge on any atom is 0.0834 e. The molecule has 0 aliphatic heterocycles. The summed E-state index contributed by atoms with van der Waals surface area (Å²) >= 11 is 12.1. The number of hydrogen-bond acceptors (Lipinski definition) is 4. The summed E-state index contributed by atoms with van der Waals surface area (Å²) in [4.78, 5) is 4.70. The summed E-state index contributed by atoms with van der Waals surface area (Å²) in [6, 6.07) is 15.2. The fraction of sp³-hybridized carbons (Fsp3) is 0.167. The van der Waals surface area contributed by atoms with E-state index in [0.717, 1.165) is 27.8 Å². The molecule has 0 radical (unpaired) electrons. The summed E-state index contributed by atoms with van der Waals surface area (Å²) in [5, 5.41) is 14.9. The largest absolute Gasteiger partial charge is 0.390 e. The molecule has 0 spiro atoms. The monoisotopic (exact) mass is 361 g/mol. The molecule has 1 heterocycles. The predicted molar refractivity (Wildman–Crippen MR) is 101 cm³/mol. The van der Waals surface area contributed by atoms with Crippen molar-refractivity contribution in [1.82, 2.24) is 4.98 Å². The molecule has 0 aliphatic carbocycles. The highest BCUT2D eigenvalue weighted by Gasteiger charge is 2.10. The van der Waals surface area contributed by atoms with Gasteiger partial charge in [-0.05, 0) is 24.3 Å². The molecule has 1 atom stereocenters. The van der Waals surface area contributed by atoms with Crippen molar-refractivity contribution in [1.29, 1.82) is 0 Å².